The van der Waals surface area contributed by atoms with E-state index < -0.39 is 0 Å². The van der Waals surface area contributed by atoms with Crippen LogP contribution in [0.1, 0.15) is 43.6 Å². The second-order valence-corrected chi connectivity index (χ2v) is 6.51. The second-order valence-electron chi connectivity index (χ2n) is 6.51. The van der Waals surface area contributed by atoms with Gasteiger partial charge in [0.1, 0.15) is 0 Å². The van der Waals surface area contributed by atoms with Crippen LogP contribution in [0.5, 0.6) is 0 Å². The molecule has 0 unspecified atom stereocenters. The third-order valence-corrected chi connectivity index (χ3v) is 4.93. The van der Waals surface area contributed by atoms with E-state index in [9.17, 15) is 0 Å². The lowest BCUT2D eigenvalue weighted by molar-refractivity contribution is 0.118. The zero-order chi connectivity index (χ0) is 15.6. The number of aromatic nitrogens is 2. The van der Waals surface area contributed by atoms with Crippen molar-refractivity contribution in [3.05, 3.63) is 41.3 Å². The molecule has 1 aliphatic heterocycles. The molecule has 4 rings (SSSR count). The summed E-state index contributed by atoms with van der Waals surface area (Å²) in [5, 5.41) is 3.91. The molecule has 1 aromatic heterocycles. The third kappa shape index (κ3) is 3.16. The molecule has 2 aliphatic rings. The number of hydrogen-bond acceptors (Lipinski definition) is 4. The molecule has 1 aromatic carbocycles. The van der Waals surface area contributed by atoms with Gasteiger partial charge in [-0.15, -0.1) is 0 Å². The Balaban J connectivity index is 1.40. The zero-order valence-electron chi connectivity index (χ0n) is 13.5. The molecule has 1 saturated carbocycles. The van der Waals surface area contributed by atoms with E-state index in [-0.39, 0.29) is 0 Å². The summed E-state index contributed by atoms with van der Waals surface area (Å²) in [5.41, 5.74) is 3.43. The van der Waals surface area contributed by atoms with Gasteiger partial charge in [0.25, 0.3) is 0 Å². The normalized spacial score (nSPS) is 19.3. The van der Waals surface area contributed by atoms with Crippen LogP contribution in [0.2, 0.25) is 0 Å². The summed E-state index contributed by atoms with van der Waals surface area (Å²) in [5.74, 6) is 1.14. The molecule has 118 valence electrons. The standard InChI is InChI=1S/C19H21N3O/c1-14-20-19(21-23-14)17-7-5-15(6-8-17)13-16-9-11-22(12-10-16)18-3-2-4-18/h5,7,13,18H,2-4,9-12H2,1H3. The van der Waals surface area contributed by atoms with Gasteiger partial charge >= 0.3 is 0 Å². The van der Waals surface area contributed by atoms with Crippen molar-refractivity contribution < 1.29 is 4.52 Å². The minimum absolute atomic E-state index is 0.567. The first-order valence-corrected chi connectivity index (χ1v) is 8.46. The van der Waals surface area contributed by atoms with Gasteiger partial charge in [-0.05, 0) is 43.9 Å². The maximum atomic E-state index is 5.00. The lowest BCUT2D eigenvalue weighted by Gasteiger charge is -2.40. The number of hydrogen-bond donors (Lipinski definition) is 0. The minimum atomic E-state index is 0.567. The van der Waals surface area contributed by atoms with Crippen LogP contribution in [0.25, 0.3) is 17.5 Å². The fraction of sp³-hybridized carbons (Fsp3) is 0.474. The Labute approximate surface area is 137 Å². The monoisotopic (exact) mass is 307 g/mol. The molecule has 0 atom stereocenters. The fourth-order valence-corrected chi connectivity index (χ4v) is 3.31. The summed E-state index contributed by atoms with van der Waals surface area (Å²) in [4.78, 5) is 6.88. The zero-order valence-corrected chi connectivity index (χ0v) is 13.5. The van der Waals surface area contributed by atoms with Crippen LogP contribution in [0, 0.1) is 19.1 Å². The Morgan fingerprint density at radius 1 is 1.22 bits per heavy atom. The summed E-state index contributed by atoms with van der Waals surface area (Å²) < 4.78 is 5.00. The van der Waals surface area contributed by atoms with Gasteiger partial charge in [0.05, 0.1) is 5.56 Å². The number of aryl methyl sites for hydroxylation is 1. The van der Waals surface area contributed by atoms with Gasteiger partial charge in [0, 0.05) is 31.6 Å². The van der Waals surface area contributed by atoms with Gasteiger partial charge in [0.15, 0.2) is 0 Å². The molecule has 4 nitrogen and oxygen atoms in total. The molecule has 2 heterocycles. The van der Waals surface area contributed by atoms with Crippen LogP contribution in [-0.4, -0.2) is 34.2 Å². The third-order valence-electron chi connectivity index (χ3n) is 4.93. The van der Waals surface area contributed by atoms with E-state index in [1.807, 2.05) is 6.07 Å². The highest BCUT2D eigenvalue weighted by atomic mass is 16.5. The SMILES string of the molecule is Cc1nc(-c2c#cc(C=C3CCN(C4CCC4)CC3)cc2)no1. The maximum Gasteiger partial charge on any atom is 0.223 e. The van der Waals surface area contributed by atoms with Crippen LogP contribution in [-0.2, 0) is 0 Å². The van der Waals surface area contributed by atoms with Crippen LogP contribution in [0.4, 0.5) is 0 Å². The molecule has 1 saturated heterocycles. The summed E-state index contributed by atoms with van der Waals surface area (Å²) >= 11 is 0. The molecule has 23 heavy (non-hydrogen) atoms. The lowest BCUT2D eigenvalue weighted by Crippen LogP contribution is -2.43. The van der Waals surface area contributed by atoms with Gasteiger partial charge in [-0.25, -0.2) is 0 Å². The Bertz CT molecular complexity index is 688. The van der Waals surface area contributed by atoms with Crippen molar-refractivity contribution in [1.29, 1.82) is 0 Å². The molecule has 2 aromatic rings. The van der Waals surface area contributed by atoms with Crippen molar-refractivity contribution >= 4 is 6.08 Å². The van der Waals surface area contributed by atoms with Crippen LogP contribution in [0.15, 0.2) is 22.2 Å². The topological polar surface area (TPSA) is 42.2 Å². The van der Waals surface area contributed by atoms with E-state index in [1.165, 1.54) is 50.8 Å². The Kier molecular flexibility index (Phi) is 3.88. The molecule has 0 radical (unpaired) electrons. The number of nitrogens with zero attached hydrogens (tertiary/aromatic N) is 3. The first-order chi connectivity index (χ1) is 11.3. The van der Waals surface area contributed by atoms with Gasteiger partial charge in [-0.1, -0.05) is 29.3 Å². The molecule has 0 spiro atoms. The van der Waals surface area contributed by atoms with Crippen molar-refractivity contribution in [1.82, 2.24) is 15.0 Å². The summed E-state index contributed by atoms with van der Waals surface area (Å²) in [6.45, 7) is 4.20. The molecule has 0 N–H and O–H groups in total. The largest absolute Gasteiger partial charge is 0.339 e. The van der Waals surface area contributed by atoms with Gasteiger partial charge < -0.3 is 4.52 Å². The predicted octanol–water partition coefficient (Wildman–Crippen LogP) is 3.68. The van der Waals surface area contributed by atoms with E-state index in [0.717, 1.165) is 17.2 Å². The smallest absolute Gasteiger partial charge is 0.223 e. The Hall–Kier alpha value is -2.12. The van der Waals surface area contributed by atoms with Gasteiger partial charge in [-0.2, -0.15) is 4.98 Å². The molecule has 4 heteroatoms. The van der Waals surface area contributed by atoms with Crippen LogP contribution >= 0.6 is 0 Å². The van der Waals surface area contributed by atoms with Crippen molar-refractivity contribution in [3.63, 3.8) is 0 Å². The first kappa shape index (κ1) is 14.5. The molecule has 1 aliphatic carbocycles. The molecular formula is C19H21N3O. The highest BCUT2D eigenvalue weighted by Gasteiger charge is 2.26. The minimum Gasteiger partial charge on any atom is -0.339 e. The van der Waals surface area contributed by atoms with Crippen molar-refractivity contribution in [3.8, 4) is 11.4 Å². The Morgan fingerprint density at radius 3 is 2.61 bits per heavy atom. The number of likely N-dealkylation sites (tertiary alicyclic amines) is 1. The number of rotatable bonds is 3. The predicted molar refractivity (Wildman–Crippen MR) is 88.6 cm³/mol. The molecular weight excluding hydrogens is 286 g/mol. The van der Waals surface area contributed by atoms with E-state index >= 15 is 0 Å². The molecule has 0 bridgehead atoms. The summed E-state index contributed by atoms with van der Waals surface area (Å²) in [7, 11) is 0. The summed E-state index contributed by atoms with van der Waals surface area (Å²) in [6, 6.07) is 11.3. The highest BCUT2D eigenvalue weighted by molar-refractivity contribution is 5.57. The second kappa shape index (κ2) is 6.17. The van der Waals surface area contributed by atoms with E-state index in [1.54, 1.807) is 6.92 Å². The van der Waals surface area contributed by atoms with E-state index in [4.69, 9.17) is 4.52 Å². The van der Waals surface area contributed by atoms with Crippen molar-refractivity contribution in [2.45, 2.75) is 45.1 Å². The molecule has 2 fully saturated rings. The first-order valence-electron chi connectivity index (χ1n) is 8.46. The van der Waals surface area contributed by atoms with Crippen molar-refractivity contribution in [2.75, 3.05) is 13.1 Å². The summed E-state index contributed by atoms with van der Waals surface area (Å²) in [6.07, 6.45) is 8.84. The highest BCUT2D eigenvalue weighted by Crippen LogP contribution is 2.29. The molecule has 0 amide bonds. The maximum absolute atomic E-state index is 5.00. The van der Waals surface area contributed by atoms with E-state index in [2.05, 4.69) is 39.3 Å². The van der Waals surface area contributed by atoms with E-state index in [0.29, 0.717) is 11.7 Å². The van der Waals surface area contributed by atoms with Crippen molar-refractivity contribution in [2.24, 2.45) is 0 Å². The van der Waals surface area contributed by atoms with Crippen LogP contribution < -0.4 is 0 Å². The fourth-order valence-electron chi connectivity index (χ4n) is 3.31. The van der Waals surface area contributed by atoms with Gasteiger partial charge in [-0.3, -0.25) is 4.90 Å². The average molecular weight is 307 g/mol. The lowest BCUT2D eigenvalue weighted by atomic mass is 9.89. The average Bonchev–Trinajstić information content (AvgIpc) is 2.95. The Morgan fingerprint density at radius 2 is 2.04 bits per heavy atom. The number of piperidine rings is 1. The van der Waals surface area contributed by atoms with Crippen LogP contribution in [0.3, 0.4) is 0 Å². The van der Waals surface area contributed by atoms with Gasteiger partial charge in [0.2, 0.25) is 11.7 Å². The quantitative estimate of drug-likeness (QED) is 0.867.